The van der Waals surface area contributed by atoms with E-state index in [4.69, 9.17) is 0 Å². The Morgan fingerprint density at radius 3 is 2.00 bits per heavy atom. The second kappa shape index (κ2) is 6.05. The molecule has 6 nitrogen and oxygen atoms in total. The molecule has 2 rings (SSSR count). The maximum atomic E-state index is 11.0. The smallest absolute Gasteiger partial charge is 0.431 e. The summed E-state index contributed by atoms with van der Waals surface area (Å²) in [5, 5.41) is -0.225. The predicted molar refractivity (Wildman–Crippen MR) is 55.5 cm³/mol. The first-order valence-corrected chi connectivity index (χ1v) is 6.62. The van der Waals surface area contributed by atoms with E-state index in [1.807, 2.05) is 0 Å². The SMILES string of the molecule is COS(=O)(=O)C1CCCC1.O=C1OCCO1. The average molecular weight is 252 g/mol. The molecule has 0 N–H and O–H groups in total. The van der Waals surface area contributed by atoms with Gasteiger partial charge in [-0.3, -0.25) is 4.18 Å². The molecule has 0 atom stereocenters. The summed E-state index contributed by atoms with van der Waals surface area (Å²) in [6.07, 6.45) is 3.04. The summed E-state index contributed by atoms with van der Waals surface area (Å²) in [7, 11) is -1.97. The molecular weight excluding hydrogens is 236 g/mol. The molecule has 1 aliphatic carbocycles. The Balaban J connectivity index is 0.000000181. The highest BCUT2D eigenvalue weighted by molar-refractivity contribution is 7.87. The molecule has 7 heteroatoms. The molecule has 0 aromatic carbocycles. The molecule has 0 radical (unpaired) electrons. The van der Waals surface area contributed by atoms with Crippen LogP contribution >= 0.6 is 0 Å². The average Bonchev–Trinajstić information content (AvgIpc) is 2.90. The first-order chi connectivity index (χ1) is 7.56. The van der Waals surface area contributed by atoms with Crippen molar-refractivity contribution in [1.82, 2.24) is 0 Å². The highest BCUT2D eigenvalue weighted by Gasteiger charge is 2.28. The number of cyclic esters (lactones) is 2. The van der Waals surface area contributed by atoms with E-state index in [2.05, 4.69) is 13.7 Å². The van der Waals surface area contributed by atoms with E-state index in [0.29, 0.717) is 13.2 Å². The predicted octanol–water partition coefficient (Wildman–Crippen LogP) is 1.06. The van der Waals surface area contributed by atoms with Crippen molar-refractivity contribution in [3.8, 4) is 0 Å². The summed E-state index contributed by atoms with van der Waals surface area (Å²) < 4.78 is 34.9. The van der Waals surface area contributed by atoms with Crippen molar-refractivity contribution >= 4 is 16.3 Å². The normalized spacial score (nSPS) is 20.9. The Labute approximate surface area is 95.0 Å². The van der Waals surface area contributed by atoms with Crippen molar-refractivity contribution < 1.29 is 26.9 Å². The van der Waals surface area contributed by atoms with Gasteiger partial charge < -0.3 is 9.47 Å². The van der Waals surface area contributed by atoms with Crippen molar-refractivity contribution in [3.05, 3.63) is 0 Å². The van der Waals surface area contributed by atoms with Crippen LogP contribution in [0.15, 0.2) is 0 Å². The third-order valence-electron chi connectivity index (χ3n) is 2.47. The lowest BCUT2D eigenvalue weighted by Crippen LogP contribution is -2.18. The summed E-state index contributed by atoms with van der Waals surface area (Å²) in [5.74, 6) is 0. The molecule has 0 aromatic rings. The van der Waals surface area contributed by atoms with E-state index < -0.39 is 16.3 Å². The Morgan fingerprint density at radius 1 is 1.19 bits per heavy atom. The minimum atomic E-state index is -3.20. The van der Waals surface area contributed by atoms with Crippen LogP contribution in [0.4, 0.5) is 4.79 Å². The van der Waals surface area contributed by atoms with Crippen LogP contribution in [-0.4, -0.2) is 40.1 Å². The number of hydrogen-bond acceptors (Lipinski definition) is 6. The molecule has 1 saturated carbocycles. The van der Waals surface area contributed by atoms with Gasteiger partial charge in [-0.05, 0) is 12.8 Å². The summed E-state index contributed by atoms with van der Waals surface area (Å²) >= 11 is 0. The van der Waals surface area contributed by atoms with Gasteiger partial charge in [-0.1, -0.05) is 12.8 Å². The number of ether oxygens (including phenoxy) is 2. The van der Waals surface area contributed by atoms with Crippen molar-refractivity contribution in [3.63, 3.8) is 0 Å². The molecular formula is C9H16O6S. The number of carbonyl (C=O) groups excluding carboxylic acids is 1. The zero-order chi connectivity index (χ0) is 12.0. The molecule has 0 spiro atoms. The van der Waals surface area contributed by atoms with Gasteiger partial charge in [-0.15, -0.1) is 0 Å². The van der Waals surface area contributed by atoms with E-state index in [-0.39, 0.29) is 5.25 Å². The van der Waals surface area contributed by atoms with Crippen LogP contribution in [0.5, 0.6) is 0 Å². The third kappa shape index (κ3) is 3.97. The molecule has 16 heavy (non-hydrogen) atoms. The lowest BCUT2D eigenvalue weighted by Gasteiger charge is -2.06. The number of carbonyl (C=O) groups is 1. The zero-order valence-electron chi connectivity index (χ0n) is 9.18. The highest BCUT2D eigenvalue weighted by atomic mass is 32.2. The van der Waals surface area contributed by atoms with E-state index in [0.717, 1.165) is 25.7 Å². The van der Waals surface area contributed by atoms with Crippen LogP contribution in [0.2, 0.25) is 0 Å². The minimum absolute atomic E-state index is 0.225. The van der Waals surface area contributed by atoms with Crippen LogP contribution in [0, 0.1) is 0 Å². The fourth-order valence-electron chi connectivity index (χ4n) is 1.60. The van der Waals surface area contributed by atoms with Crippen LogP contribution < -0.4 is 0 Å². The van der Waals surface area contributed by atoms with Crippen LogP contribution in [0.3, 0.4) is 0 Å². The summed E-state index contributed by atoms with van der Waals surface area (Å²) in [6.45, 7) is 0.831. The van der Waals surface area contributed by atoms with E-state index in [9.17, 15) is 13.2 Å². The molecule has 0 amide bonds. The van der Waals surface area contributed by atoms with Crippen molar-refractivity contribution in [1.29, 1.82) is 0 Å². The van der Waals surface area contributed by atoms with Gasteiger partial charge in [0.2, 0.25) is 0 Å². The first-order valence-electron chi connectivity index (χ1n) is 5.15. The maximum Gasteiger partial charge on any atom is 0.508 e. The zero-order valence-corrected chi connectivity index (χ0v) is 9.99. The first kappa shape index (κ1) is 13.2. The second-order valence-electron chi connectivity index (χ2n) is 3.51. The summed E-state index contributed by atoms with van der Waals surface area (Å²) in [4.78, 5) is 9.80. The second-order valence-corrected chi connectivity index (χ2v) is 5.50. The largest absolute Gasteiger partial charge is 0.508 e. The maximum absolute atomic E-state index is 11.0. The van der Waals surface area contributed by atoms with Crippen LogP contribution in [-0.2, 0) is 23.8 Å². The van der Waals surface area contributed by atoms with Crippen LogP contribution in [0.1, 0.15) is 25.7 Å². The lowest BCUT2D eigenvalue weighted by atomic mass is 10.4. The van der Waals surface area contributed by atoms with E-state index in [1.165, 1.54) is 7.11 Å². The van der Waals surface area contributed by atoms with Crippen LogP contribution in [0.25, 0.3) is 0 Å². The van der Waals surface area contributed by atoms with Gasteiger partial charge >= 0.3 is 6.16 Å². The van der Waals surface area contributed by atoms with Gasteiger partial charge in [0.05, 0.1) is 12.4 Å². The molecule has 2 fully saturated rings. The van der Waals surface area contributed by atoms with Gasteiger partial charge in [-0.25, -0.2) is 4.79 Å². The highest BCUT2D eigenvalue weighted by Crippen LogP contribution is 2.24. The standard InChI is InChI=1S/C6H12O3S.C3H4O3/c1-9-10(7,8)6-4-2-3-5-6;4-3-5-1-2-6-3/h6H,2-5H2,1H3;1-2H2. The topological polar surface area (TPSA) is 78.9 Å². The lowest BCUT2D eigenvalue weighted by molar-refractivity contribution is 0.131. The third-order valence-corrected chi connectivity index (χ3v) is 4.22. The van der Waals surface area contributed by atoms with Gasteiger partial charge in [0, 0.05) is 0 Å². The Hall–Kier alpha value is -0.820. The molecule has 1 aliphatic heterocycles. The monoisotopic (exact) mass is 252 g/mol. The number of rotatable bonds is 2. The molecule has 2 aliphatic rings. The molecule has 0 bridgehead atoms. The van der Waals surface area contributed by atoms with Gasteiger partial charge in [0.25, 0.3) is 10.1 Å². The minimum Gasteiger partial charge on any atom is -0.431 e. The Kier molecular flexibility index (Phi) is 5.01. The fourth-order valence-corrected chi connectivity index (χ4v) is 2.79. The molecule has 1 saturated heterocycles. The number of hydrogen-bond donors (Lipinski definition) is 0. The van der Waals surface area contributed by atoms with E-state index >= 15 is 0 Å². The van der Waals surface area contributed by atoms with Gasteiger partial charge in [-0.2, -0.15) is 8.42 Å². The Bertz CT molecular complexity index is 309. The van der Waals surface area contributed by atoms with Crippen molar-refractivity contribution in [2.75, 3.05) is 20.3 Å². The van der Waals surface area contributed by atoms with Crippen molar-refractivity contribution in [2.45, 2.75) is 30.9 Å². The molecule has 0 aromatic heterocycles. The van der Waals surface area contributed by atoms with E-state index in [1.54, 1.807) is 0 Å². The quantitative estimate of drug-likeness (QED) is 0.540. The summed E-state index contributed by atoms with van der Waals surface area (Å²) in [5.41, 5.74) is 0. The van der Waals surface area contributed by atoms with Gasteiger partial charge in [0.1, 0.15) is 13.2 Å². The fraction of sp³-hybridized carbons (Fsp3) is 0.889. The van der Waals surface area contributed by atoms with Crippen molar-refractivity contribution in [2.24, 2.45) is 0 Å². The Morgan fingerprint density at radius 2 is 1.69 bits per heavy atom. The van der Waals surface area contributed by atoms with Gasteiger partial charge in [0.15, 0.2) is 0 Å². The molecule has 94 valence electrons. The molecule has 1 heterocycles. The summed E-state index contributed by atoms with van der Waals surface area (Å²) in [6, 6.07) is 0. The molecule has 0 unspecified atom stereocenters.